The van der Waals surface area contributed by atoms with Gasteiger partial charge < -0.3 is 20.1 Å². The molecule has 30 heavy (non-hydrogen) atoms. The Bertz CT molecular complexity index is 947. The highest BCUT2D eigenvalue weighted by atomic mass is 79.9. The van der Waals surface area contributed by atoms with Crippen molar-refractivity contribution < 1.29 is 19.1 Å². The summed E-state index contributed by atoms with van der Waals surface area (Å²) < 4.78 is 11.0. The van der Waals surface area contributed by atoms with Crippen molar-refractivity contribution in [3.8, 4) is 5.75 Å². The second-order valence-corrected chi connectivity index (χ2v) is 8.46. The number of amides is 1. The molecular weight excluding hydrogens is 468 g/mol. The van der Waals surface area contributed by atoms with Gasteiger partial charge in [0.25, 0.3) is 5.91 Å². The Morgan fingerprint density at radius 3 is 2.67 bits per heavy atom. The summed E-state index contributed by atoms with van der Waals surface area (Å²) >= 11 is 4.87. The number of esters is 1. The molecule has 158 valence electrons. The van der Waals surface area contributed by atoms with Gasteiger partial charge in [-0.1, -0.05) is 36.9 Å². The van der Waals surface area contributed by atoms with Gasteiger partial charge in [-0.3, -0.25) is 4.79 Å². The minimum absolute atomic E-state index is 0.124. The lowest BCUT2D eigenvalue weighted by molar-refractivity contribution is -0.145. The maximum absolute atomic E-state index is 12.3. The van der Waals surface area contributed by atoms with Crippen molar-refractivity contribution >= 4 is 51.3 Å². The van der Waals surface area contributed by atoms with Crippen molar-refractivity contribution in [3.63, 3.8) is 0 Å². The van der Waals surface area contributed by atoms with E-state index in [-0.39, 0.29) is 18.0 Å². The molecule has 8 heteroatoms. The summed E-state index contributed by atoms with van der Waals surface area (Å²) in [5.74, 6) is -0.0114. The smallest absolute Gasteiger partial charge is 0.344 e. The summed E-state index contributed by atoms with van der Waals surface area (Å²) in [5, 5.41) is 6.24. The molecule has 1 aliphatic heterocycles. The van der Waals surface area contributed by atoms with Gasteiger partial charge in [0.2, 0.25) is 0 Å². The highest BCUT2D eigenvalue weighted by Crippen LogP contribution is 2.32. The normalized spacial score (nSPS) is 17.0. The zero-order valence-corrected chi connectivity index (χ0v) is 19.1. The van der Waals surface area contributed by atoms with E-state index in [1.807, 2.05) is 30.3 Å². The molecule has 1 saturated heterocycles. The van der Waals surface area contributed by atoms with Crippen LogP contribution in [0, 0.1) is 0 Å². The van der Waals surface area contributed by atoms with Crippen LogP contribution in [-0.2, 0) is 20.7 Å². The molecule has 0 radical (unpaired) electrons. The summed E-state index contributed by atoms with van der Waals surface area (Å²) in [4.78, 5) is 24.4. The van der Waals surface area contributed by atoms with Gasteiger partial charge in [0, 0.05) is 5.69 Å². The van der Waals surface area contributed by atoms with Gasteiger partial charge >= 0.3 is 5.97 Å². The number of halogens is 1. The number of rotatable bonds is 8. The van der Waals surface area contributed by atoms with E-state index >= 15 is 0 Å². The molecule has 2 N–H and O–H groups in total. The predicted molar refractivity (Wildman–Crippen MR) is 123 cm³/mol. The standard InChI is InChI=1S/C22H23BrN2O4S/c1-3-14-5-8-16(9-6-14)24-22-25-21(27)19(30-22)12-15-7-10-18(17(23)11-15)29-13-20(26)28-4-2/h5-12,22,24H,3-4,13H2,1-2H3,(H,25,27). The van der Waals surface area contributed by atoms with Gasteiger partial charge in [-0.2, -0.15) is 0 Å². The first kappa shape index (κ1) is 22.2. The second kappa shape index (κ2) is 10.5. The van der Waals surface area contributed by atoms with Crippen LogP contribution in [0.4, 0.5) is 5.69 Å². The number of hydrogen-bond acceptors (Lipinski definition) is 6. The molecular formula is C22H23BrN2O4S. The molecule has 0 spiro atoms. The molecule has 0 bridgehead atoms. The number of aryl methyl sites for hydroxylation is 1. The molecule has 1 amide bonds. The third kappa shape index (κ3) is 6.03. The highest BCUT2D eigenvalue weighted by Gasteiger charge is 2.27. The van der Waals surface area contributed by atoms with E-state index in [0.717, 1.165) is 17.7 Å². The number of carbonyl (C=O) groups excluding carboxylic acids is 2. The molecule has 3 rings (SSSR count). The van der Waals surface area contributed by atoms with Crippen LogP contribution in [0.3, 0.4) is 0 Å². The molecule has 0 saturated carbocycles. The van der Waals surface area contributed by atoms with Crippen LogP contribution in [-0.4, -0.2) is 30.6 Å². The summed E-state index contributed by atoms with van der Waals surface area (Å²) in [6.07, 6.45) is 2.81. The summed E-state index contributed by atoms with van der Waals surface area (Å²) in [6, 6.07) is 13.6. The molecule has 1 heterocycles. The molecule has 1 fully saturated rings. The average Bonchev–Trinajstić information content (AvgIpc) is 3.07. The van der Waals surface area contributed by atoms with Gasteiger partial charge in [-0.15, -0.1) is 0 Å². The van der Waals surface area contributed by atoms with E-state index in [0.29, 0.717) is 21.7 Å². The number of nitrogens with one attached hydrogen (secondary N) is 2. The Labute approximate surface area is 188 Å². The molecule has 1 atom stereocenters. The van der Waals surface area contributed by atoms with Crippen molar-refractivity contribution in [3.05, 3.63) is 63.0 Å². The van der Waals surface area contributed by atoms with Gasteiger partial charge in [-0.05, 0) is 70.7 Å². The van der Waals surface area contributed by atoms with E-state index in [4.69, 9.17) is 9.47 Å². The molecule has 0 aliphatic carbocycles. The second-order valence-electron chi connectivity index (χ2n) is 6.46. The Kier molecular flexibility index (Phi) is 7.81. The van der Waals surface area contributed by atoms with Crippen molar-refractivity contribution in [2.24, 2.45) is 0 Å². The number of benzene rings is 2. The van der Waals surface area contributed by atoms with Crippen LogP contribution in [0.25, 0.3) is 6.08 Å². The lowest BCUT2D eigenvalue weighted by Gasteiger charge is -2.12. The van der Waals surface area contributed by atoms with Crippen molar-refractivity contribution in [2.45, 2.75) is 25.8 Å². The van der Waals surface area contributed by atoms with Crippen molar-refractivity contribution in [2.75, 3.05) is 18.5 Å². The fourth-order valence-electron chi connectivity index (χ4n) is 2.77. The highest BCUT2D eigenvalue weighted by molar-refractivity contribution is 9.10. The Morgan fingerprint density at radius 1 is 1.23 bits per heavy atom. The fourth-order valence-corrected chi connectivity index (χ4v) is 4.26. The third-order valence-corrected chi connectivity index (χ3v) is 5.94. The van der Waals surface area contributed by atoms with Crippen LogP contribution in [0.2, 0.25) is 0 Å². The van der Waals surface area contributed by atoms with Crippen molar-refractivity contribution in [1.29, 1.82) is 0 Å². The summed E-state index contributed by atoms with van der Waals surface area (Å²) in [7, 11) is 0. The maximum Gasteiger partial charge on any atom is 0.344 e. The Morgan fingerprint density at radius 2 is 2.00 bits per heavy atom. The fraction of sp³-hybridized carbons (Fsp3) is 0.273. The van der Waals surface area contributed by atoms with Gasteiger partial charge in [0.1, 0.15) is 5.75 Å². The number of hydrogen-bond donors (Lipinski definition) is 2. The van der Waals surface area contributed by atoms with Crippen LogP contribution in [0.5, 0.6) is 5.75 Å². The van der Waals surface area contributed by atoms with Crippen molar-refractivity contribution in [1.82, 2.24) is 5.32 Å². The molecule has 2 aromatic rings. The quantitative estimate of drug-likeness (QED) is 0.417. The SMILES string of the molecule is CCOC(=O)COc1ccc(C=C2SC(Nc3ccc(CC)cc3)NC2=O)cc1Br. The van der Waals surface area contributed by atoms with Gasteiger partial charge in [0.05, 0.1) is 16.0 Å². The van der Waals surface area contributed by atoms with Crippen LogP contribution in [0.15, 0.2) is 51.8 Å². The predicted octanol–water partition coefficient (Wildman–Crippen LogP) is 4.55. The minimum Gasteiger partial charge on any atom is -0.481 e. The van der Waals surface area contributed by atoms with E-state index in [2.05, 4.69) is 45.6 Å². The topological polar surface area (TPSA) is 76.7 Å². The maximum atomic E-state index is 12.3. The third-order valence-electron chi connectivity index (χ3n) is 4.30. The lowest BCUT2D eigenvalue weighted by Crippen LogP contribution is -2.30. The molecule has 1 aliphatic rings. The summed E-state index contributed by atoms with van der Waals surface area (Å²) in [5.41, 5.74) is 2.84. The monoisotopic (exact) mass is 490 g/mol. The van der Waals surface area contributed by atoms with Gasteiger partial charge in [0.15, 0.2) is 12.1 Å². The lowest BCUT2D eigenvalue weighted by atomic mass is 10.1. The first-order valence-electron chi connectivity index (χ1n) is 9.61. The van der Waals surface area contributed by atoms with E-state index in [1.54, 1.807) is 13.0 Å². The summed E-state index contributed by atoms with van der Waals surface area (Å²) in [6.45, 7) is 4.02. The zero-order valence-electron chi connectivity index (χ0n) is 16.7. The van der Waals surface area contributed by atoms with E-state index in [9.17, 15) is 9.59 Å². The minimum atomic E-state index is -0.419. The zero-order chi connectivity index (χ0) is 21.5. The largest absolute Gasteiger partial charge is 0.481 e. The van der Waals surface area contributed by atoms with Crippen LogP contribution in [0.1, 0.15) is 25.0 Å². The number of ether oxygens (including phenoxy) is 2. The van der Waals surface area contributed by atoms with E-state index in [1.165, 1.54) is 17.3 Å². The average molecular weight is 491 g/mol. The number of carbonyl (C=O) groups is 2. The molecule has 2 aromatic carbocycles. The van der Waals surface area contributed by atoms with Crippen LogP contribution >= 0.6 is 27.7 Å². The first-order valence-corrected chi connectivity index (χ1v) is 11.3. The molecule has 6 nitrogen and oxygen atoms in total. The Balaban J connectivity index is 1.62. The molecule has 1 unspecified atom stereocenters. The number of anilines is 1. The van der Waals surface area contributed by atoms with Crippen LogP contribution < -0.4 is 15.4 Å². The van der Waals surface area contributed by atoms with Gasteiger partial charge in [-0.25, -0.2) is 4.79 Å². The number of thioether (sulfide) groups is 1. The molecule has 0 aromatic heterocycles. The van der Waals surface area contributed by atoms with E-state index < -0.39 is 5.97 Å². The first-order chi connectivity index (χ1) is 14.5. The Hall–Kier alpha value is -2.45.